The molecule has 1 aliphatic rings. The van der Waals surface area contributed by atoms with Crippen molar-refractivity contribution < 1.29 is 13.2 Å². The van der Waals surface area contributed by atoms with Gasteiger partial charge in [-0.15, -0.1) is 0 Å². The van der Waals surface area contributed by atoms with E-state index in [9.17, 15) is 8.42 Å². The largest absolute Gasteiger partial charge is 0.398 e. The summed E-state index contributed by atoms with van der Waals surface area (Å²) < 4.78 is 32.5. The highest BCUT2D eigenvalue weighted by Gasteiger charge is 2.30. The molecule has 6 nitrogen and oxygen atoms in total. The Labute approximate surface area is 123 Å². The van der Waals surface area contributed by atoms with Crippen molar-refractivity contribution in [2.24, 2.45) is 0 Å². The minimum atomic E-state index is -3.60. The Balaban J connectivity index is 2.13. The number of nitrogens with two attached hydrogens (primary N) is 1. The van der Waals surface area contributed by atoms with Crippen molar-refractivity contribution in [3.8, 4) is 0 Å². The van der Waals surface area contributed by atoms with E-state index in [1.54, 1.807) is 24.4 Å². The zero-order valence-corrected chi connectivity index (χ0v) is 12.5. The Bertz CT molecular complexity index is 776. The van der Waals surface area contributed by atoms with Crippen LogP contribution in [0.2, 0.25) is 0 Å². The van der Waals surface area contributed by atoms with Crippen LogP contribution in [0.3, 0.4) is 0 Å². The minimum absolute atomic E-state index is 0.110. The van der Waals surface area contributed by atoms with Crippen molar-refractivity contribution in [3.05, 3.63) is 30.5 Å². The molecule has 112 valence electrons. The van der Waals surface area contributed by atoms with Crippen LogP contribution >= 0.6 is 0 Å². The van der Waals surface area contributed by atoms with Crippen molar-refractivity contribution in [2.45, 2.75) is 17.9 Å². The summed E-state index contributed by atoms with van der Waals surface area (Å²) in [6.45, 7) is 2.97. The number of nitrogen functional groups attached to an aromatic ring is 1. The molecule has 2 heterocycles. The molecule has 2 aromatic rings. The molecule has 0 radical (unpaired) electrons. The lowest BCUT2D eigenvalue weighted by atomic mass is 10.2. The summed E-state index contributed by atoms with van der Waals surface area (Å²) in [6.07, 6.45) is 1.46. The Morgan fingerprint density at radius 3 is 2.95 bits per heavy atom. The third-order valence-corrected chi connectivity index (χ3v) is 5.48. The number of morpholine rings is 1. The summed E-state index contributed by atoms with van der Waals surface area (Å²) in [4.78, 5) is 4.40. The third-order valence-electron chi connectivity index (χ3n) is 3.59. The number of ether oxygens (including phenoxy) is 1. The summed E-state index contributed by atoms with van der Waals surface area (Å²) in [5, 5.41) is 0.653. The summed E-state index contributed by atoms with van der Waals surface area (Å²) in [5.74, 6) is 0. The second-order valence-electron chi connectivity index (χ2n) is 5.10. The van der Waals surface area contributed by atoms with Crippen LogP contribution in [0.25, 0.3) is 10.9 Å². The van der Waals surface area contributed by atoms with Gasteiger partial charge in [0.15, 0.2) is 0 Å². The Kier molecular flexibility index (Phi) is 3.56. The Morgan fingerprint density at radius 2 is 2.19 bits per heavy atom. The van der Waals surface area contributed by atoms with Crippen LogP contribution < -0.4 is 5.73 Å². The Morgan fingerprint density at radius 1 is 1.38 bits per heavy atom. The van der Waals surface area contributed by atoms with Gasteiger partial charge in [-0.3, -0.25) is 4.98 Å². The van der Waals surface area contributed by atoms with Gasteiger partial charge in [-0.25, -0.2) is 8.42 Å². The van der Waals surface area contributed by atoms with Gasteiger partial charge in [0.05, 0.1) is 18.2 Å². The van der Waals surface area contributed by atoms with Crippen molar-refractivity contribution in [1.82, 2.24) is 9.29 Å². The molecule has 7 heteroatoms. The van der Waals surface area contributed by atoms with E-state index in [1.807, 2.05) is 6.92 Å². The zero-order chi connectivity index (χ0) is 15.0. The fourth-order valence-electron chi connectivity index (χ4n) is 2.52. The molecule has 1 aromatic heterocycles. The molecule has 0 bridgehead atoms. The molecule has 1 saturated heterocycles. The molecule has 0 amide bonds. The normalized spacial score (nSPS) is 20.7. The minimum Gasteiger partial charge on any atom is -0.398 e. The van der Waals surface area contributed by atoms with Gasteiger partial charge in [0.1, 0.15) is 4.90 Å². The molecular weight excluding hydrogens is 290 g/mol. The van der Waals surface area contributed by atoms with Crippen LogP contribution in [0.5, 0.6) is 0 Å². The maximum atomic E-state index is 12.8. The first-order chi connectivity index (χ1) is 10.00. The van der Waals surface area contributed by atoms with Crippen LogP contribution in [0, 0.1) is 0 Å². The third kappa shape index (κ3) is 2.48. The lowest BCUT2D eigenvalue weighted by Gasteiger charge is -2.30. The fourth-order valence-corrected chi connectivity index (χ4v) is 4.17. The molecular formula is C14H17N3O3S. The number of sulfonamides is 1. The average Bonchev–Trinajstić information content (AvgIpc) is 2.47. The van der Waals surface area contributed by atoms with Gasteiger partial charge in [0.25, 0.3) is 0 Å². The molecule has 2 N–H and O–H groups in total. The summed E-state index contributed by atoms with van der Waals surface area (Å²) >= 11 is 0. The number of aromatic nitrogens is 1. The van der Waals surface area contributed by atoms with Crippen LogP contribution in [0.15, 0.2) is 35.4 Å². The number of nitrogens with zero attached hydrogens (tertiary/aromatic N) is 2. The predicted octanol–water partition coefficient (Wildman–Crippen LogP) is 1.23. The highest BCUT2D eigenvalue weighted by molar-refractivity contribution is 7.89. The van der Waals surface area contributed by atoms with Crippen LogP contribution in [0.1, 0.15) is 6.92 Å². The van der Waals surface area contributed by atoms with E-state index in [0.717, 1.165) is 0 Å². The number of hydrogen-bond acceptors (Lipinski definition) is 5. The van der Waals surface area contributed by atoms with Gasteiger partial charge in [0.2, 0.25) is 10.0 Å². The van der Waals surface area contributed by atoms with Crippen LogP contribution in [-0.2, 0) is 14.8 Å². The summed E-state index contributed by atoms with van der Waals surface area (Å²) in [5.41, 5.74) is 6.83. The second-order valence-corrected chi connectivity index (χ2v) is 7.00. The molecule has 1 fully saturated rings. The first kappa shape index (κ1) is 14.2. The van der Waals surface area contributed by atoms with E-state index in [-0.39, 0.29) is 11.0 Å². The average molecular weight is 307 g/mol. The van der Waals surface area contributed by atoms with Gasteiger partial charge in [0, 0.05) is 30.4 Å². The van der Waals surface area contributed by atoms with Crippen molar-refractivity contribution in [1.29, 1.82) is 0 Å². The van der Waals surface area contributed by atoms with Gasteiger partial charge in [-0.05, 0) is 31.2 Å². The summed E-state index contributed by atoms with van der Waals surface area (Å²) in [6, 6.07) is 6.66. The maximum Gasteiger partial charge on any atom is 0.245 e. The first-order valence-corrected chi connectivity index (χ1v) is 8.19. The van der Waals surface area contributed by atoms with E-state index < -0.39 is 10.0 Å². The van der Waals surface area contributed by atoms with Crippen molar-refractivity contribution in [2.75, 3.05) is 25.4 Å². The van der Waals surface area contributed by atoms with E-state index in [0.29, 0.717) is 36.3 Å². The molecule has 1 atom stereocenters. The lowest BCUT2D eigenvalue weighted by Crippen LogP contribution is -2.44. The van der Waals surface area contributed by atoms with Crippen molar-refractivity contribution >= 4 is 26.6 Å². The molecule has 0 spiro atoms. The molecule has 0 aliphatic carbocycles. The highest BCUT2D eigenvalue weighted by atomic mass is 32.2. The van der Waals surface area contributed by atoms with E-state index in [1.165, 1.54) is 10.4 Å². The standard InChI is InChI=1S/C14H17N3O3S/c1-10-9-17(7-8-20-10)21(18,19)13-5-4-12(15)11-3-2-6-16-14(11)13/h2-6,10H,7-9,15H2,1H3. The van der Waals surface area contributed by atoms with E-state index in [4.69, 9.17) is 10.5 Å². The first-order valence-electron chi connectivity index (χ1n) is 6.75. The quantitative estimate of drug-likeness (QED) is 0.843. The van der Waals surface area contributed by atoms with Gasteiger partial charge in [-0.1, -0.05) is 0 Å². The maximum absolute atomic E-state index is 12.8. The van der Waals surface area contributed by atoms with Gasteiger partial charge < -0.3 is 10.5 Å². The van der Waals surface area contributed by atoms with Gasteiger partial charge >= 0.3 is 0 Å². The van der Waals surface area contributed by atoms with Crippen LogP contribution in [0.4, 0.5) is 5.69 Å². The summed E-state index contributed by atoms with van der Waals surface area (Å²) in [7, 11) is -3.60. The molecule has 21 heavy (non-hydrogen) atoms. The number of fused-ring (bicyclic) bond motifs is 1. The van der Waals surface area contributed by atoms with E-state index >= 15 is 0 Å². The number of benzene rings is 1. The number of anilines is 1. The Hall–Kier alpha value is -1.70. The molecule has 3 rings (SSSR count). The number of rotatable bonds is 2. The van der Waals surface area contributed by atoms with E-state index in [2.05, 4.69) is 4.98 Å². The SMILES string of the molecule is CC1CN(S(=O)(=O)c2ccc(N)c3cccnc23)CCO1. The molecule has 1 aromatic carbocycles. The monoisotopic (exact) mass is 307 g/mol. The number of hydrogen-bond donors (Lipinski definition) is 1. The van der Waals surface area contributed by atoms with Crippen molar-refractivity contribution in [3.63, 3.8) is 0 Å². The molecule has 1 unspecified atom stereocenters. The smallest absolute Gasteiger partial charge is 0.245 e. The lowest BCUT2D eigenvalue weighted by molar-refractivity contribution is 0.0102. The predicted molar refractivity (Wildman–Crippen MR) is 80.3 cm³/mol. The number of pyridine rings is 1. The van der Waals surface area contributed by atoms with Crippen LogP contribution in [-0.4, -0.2) is 43.5 Å². The zero-order valence-electron chi connectivity index (χ0n) is 11.7. The van der Waals surface area contributed by atoms with Gasteiger partial charge in [-0.2, -0.15) is 4.31 Å². The second kappa shape index (κ2) is 5.25. The topological polar surface area (TPSA) is 85.5 Å². The molecule has 0 saturated carbocycles. The fraction of sp³-hybridized carbons (Fsp3) is 0.357. The highest BCUT2D eigenvalue weighted by Crippen LogP contribution is 2.28. The molecule has 1 aliphatic heterocycles.